The Hall–Kier alpha value is -1.85. The Morgan fingerprint density at radius 1 is 1.41 bits per heavy atom. The van der Waals surface area contributed by atoms with Crippen molar-refractivity contribution in [1.82, 2.24) is 15.1 Å². The summed E-state index contributed by atoms with van der Waals surface area (Å²) in [4.78, 5) is 2.30. The van der Waals surface area contributed by atoms with Crippen LogP contribution in [-0.4, -0.2) is 46.0 Å². The zero-order valence-electron chi connectivity index (χ0n) is 12.9. The summed E-state index contributed by atoms with van der Waals surface area (Å²) in [5, 5.41) is 17.4. The Labute approximate surface area is 130 Å². The van der Waals surface area contributed by atoms with Crippen LogP contribution < -0.4 is 4.74 Å². The fraction of sp³-hybridized carbons (Fsp3) is 0.471. The number of benzene rings is 1. The lowest BCUT2D eigenvalue weighted by molar-refractivity contribution is 0.0631. The molecule has 2 aromatic rings. The maximum atomic E-state index is 10.3. The predicted molar refractivity (Wildman–Crippen MR) is 84.8 cm³/mol. The lowest BCUT2D eigenvalue weighted by Gasteiger charge is -2.26. The minimum atomic E-state index is -0.497. The topological polar surface area (TPSA) is 61.4 Å². The first-order chi connectivity index (χ1) is 10.7. The molecule has 0 spiro atoms. The average molecular weight is 301 g/mol. The maximum absolute atomic E-state index is 10.3. The van der Waals surface area contributed by atoms with E-state index >= 15 is 0 Å². The second kappa shape index (κ2) is 6.94. The Kier molecular flexibility index (Phi) is 4.75. The molecule has 0 saturated carbocycles. The number of H-pyrrole nitrogens is 1. The van der Waals surface area contributed by atoms with Gasteiger partial charge in [-0.3, -0.25) is 10.00 Å². The number of hydrogen-bond donors (Lipinski definition) is 2. The van der Waals surface area contributed by atoms with Gasteiger partial charge in [-0.1, -0.05) is 18.2 Å². The van der Waals surface area contributed by atoms with E-state index in [1.165, 1.54) is 0 Å². The lowest BCUT2D eigenvalue weighted by atomic mass is 10.1. The van der Waals surface area contributed by atoms with Crippen LogP contribution in [-0.2, 0) is 0 Å². The smallest absolute Gasteiger partial charge is 0.122 e. The summed E-state index contributed by atoms with van der Waals surface area (Å²) in [5.74, 6) is 0.841. The molecule has 1 saturated heterocycles. The number of β-amino-alcohol motifs (C(OH)–C–C–N with tert-alkyl or cyclic N) is 1. The minimum Gasteiger partial charge on any atom is -0.491 e. The summed E-state index contributed by atoms with van der Waals surface area (Å²) in [6.07, 6.45) is 3.54. The van der Waals surface area contributed by atoms with Crippen molar-refractivity contribution in [3.05, 3.63) is 47.8 Å². The Bertz CT molecular complexity index is 585. The summed E-state index contributed by atoms with van der Waals surface area (Å²) in [7, 11) is 0. The largest absolute Gasteiger partial charge is 0.491 e. The van der Waals surface area contributed by atoms with E-state index in [2.05, 4.69) is 15.1 Å². The van der Waals surface area contributed by atoms with Gasteiger partial charge in [0.15, 0.2) is 0 Å². The molecule has 0 unspecified atom stereocenters. The quantitative estimate of drug-likeness (QED) is 0.859. The second-order valence-corrected chi connectivity index (χ2v) is 5.90. The predicted octanol–water partition coefficient (Wildman–Crippen LogP) is 2.29. The number of likely N-dealkylation sites (tertiary alicyclic amines) is 1. The molecule has 0 bridgehead atoms. The van der Waals surface area contributed by atoms with Crippen molar-refractivity contribution in [2.75, 3.05) is 19.7 Å². The van der Waals surface area contributed by atoms with Crippen molar-refractivity contribution < 1.29 is 9.84 Å². The normalized spacial score (nSPS) is 20.2. The Morgan fingerprint density at radius 3 is 3.05 bits per heavy atom. The highest BCUT2D eigenvalue weighted by Gasteiger charge is 2.28. The zero-order valence-corrected chi connectivity index (χ0v) is 12.9. The standard InChI is InChI=1S/C17H23N3O2/c1-13-5-2-3-7-17(13)22-12-14(21)11-20-10-4-6-16(20)15-8-9-18-19-15/h2-3,5,7-9,14,16,21H,4,6,10-12H2,1H3,(H,18,19)/t14-,16+/m0/s1. The van der Waals surface area contributed by atoms with Crippen LogP contribution in [0.4, 0.5) is 0 Å². The van der Waals surface area contributed by atoms with Crippen molar-refractivity contribution in [3.63, 3.8) is 0 Å². The van der Waals surface area contributed by atoms with Crippen LogP contribution in [0.5, 0.6) is 5.75 Å². The molecule has 5 nitrogen and oxygen atoms in total. The molecule has 5 heteroatoms. The van der Waals surface area contributed by atoms with Crippen LogP contribution in [0.15, 0.2) is 36.5 Å². The number of nitrogens with one attached hydrogen (secondary N) is 1. The molecular weight excluding hydrogens is 278 g/mol. The molecule has 2 N–H and O–H groups in total. The molecule has 1 aliphatic rings. The number of aromatic amines is 1. The average Bonchev–Trinajstić information content (AvgIpc) is 3.17. The minimum absolute atomic E-state index is 0.317. The number of aliphatic hydroxyl groups is 1. The van der Waals surface area contributed by atoms with E-state index in [9.17, 15) is 5.11 Å². The van der Waals surface area contributed by atoms with E-state index in [-0.39, 0.29) is 0 Å². The molecule has 3 rings (SSSR count). The highest BCUT2D eigenvalue weighted by atomic mass is 16.5. The Balaban J connectivity index is 1.53. The number of ether oxygens (including phenoxy) is 1. The van der Waals surface area contributed by atoms with E-state index in [0.717, 1.165) is 36.4 Å². The highest BCUT2D eigenvalue weighted by molar-refractivity contribution is 5.31. The first-order valence-corrected chi connectivity index (χ1v) is 7.84. The molecule has 1 aromatic carbocycles. The molecule has 22 heavy (non-hydrogen) atoms. The molecule has 0 radical (unpaired) electrons. The summed E-state index contributed by atoms with van der Waals surface area (Å²) < 4.78 is 5.74. The molecule has 2 atom stereocenters. The number of aromatic nitrogens is 2. The highest BCUT2D eigenvalue weighted by Crippen LogP contribution is 2.30. The van der Waals surface area contributed by atoms with Crippen LogP contribution in [0.3, 0.4) is 0 Å². The van der Waals surface area contributed by atoms with Gasteiger partial charge in [0.1, 0.15) is 18.5 Å². The molecular formula is C17H23N3O2. The SMILES string of the molecule is Cc1ccccc1OC[C@@H](O)CN1CCC[C@@H]1c1ccn[nH]1. The van der Waals surface area contributed by atoms with E-state index in [0.29, 0.717) is 19.2 Å². The van der Waals surface area contributed by atoms with Crippen LogP contribution in [0, 0.1) is 6.92 Å². The first-order valence-electron chi connectivity index (χ1n) is 7.84. The van der Waals surface area contributed by atoms with E-state index < -0.39 is 6.10 Å². The van der Waals surface area contributed by atoms with Crippen molar-refractivity contribution in [2.45, 2.75) is 31.9 Å². The number of rotatable bonds is 6. The maximum Gasteiger partial charge on any atom is 0.122 e. The van der Waals surface area contributed by atoms with E-state index in [1.807, 2.05) is 37.3 Å². The van der Waals surface area contributed by atoms with Gasteiger partial charge in [0, 0.05) is 12.7 Å². The van der Waals surface area contributed by atoms with Gasteiger partial charge in [-0.15, -0.1) is 0 Å². The van der Waals surface area contributed by atoms with Crippen LogP contribution in [0.25, 0.3) is 0 Å². The first kappa shape index (κ1) is 15.1. The molecule has 0 aliphatic carbocycles. The van der Waals surface area contributed by atoms with Gasteiger partial charge in [-0.05, 0) is 44.0 Å². The van der Waals surface area contributed by atoms with Gasteiger partial charge < -0.3 is 9.84 Å². The number of para-hydroxylation sites is 1. The lowest BCUT2D eigenvalue weighted by Crippen LogP contribution is -2.35. The third-order valence-electron chi connectivity index (χ3n) is 4.22. The van der Waals surface area contributed by atoms with Gasteiger partial charge in [0.05, 0.1) is 11.7 Å². The fourth-order valence-corrected chi connectivity index (χ4v) is 3.08. The van der Waals surface area contributed by atoms with Crippen molar-refractivity contribution in [3.8, 4) is 5.75 Å². The molecule has 118 valence electrons. The van der Waals surface area contributed by atoms with Crippen LogP contribution in [0.2, 0.25) is 0 Å². The summed E-state index contributed by atoms with van der Waals surface area (Å²) in [5.41, 5.74) is 2.22. The summed E-state index contributed by atoms with van der Waals surface area (Å²) in [6.45, 7) is 3.95. The monoisotopic (exact) mass is 301 g/mol. The fourth-order valence-electron chi connectivity index (χ4n) is 3.08. The molecule has 1 fully saturated rings. The van der Waals surface area contributed by atoms with E-state index in [1.54, 1.807) is 6.20 Å². The molecule has 2 heterocycles. The van der Waals surface area contributed by atoms with Crippen LogP contribution in [0.1, 0.15) is 30.1 Å². The third kappa shape index (κ3) is 3.48. The van der Waals surface area contributed by atoms with Crippen LogP contribution >= 0.6 is 0 Å². The van der Waals surface area contributed by atoms with Crippen molar-refractivity contribution in [2.24, 2.45) is 0 Å². The molecule has 0 amide bonds. The number of aryl methyl sites for hydroxylation is 1. The van der Waals surface area contributed by atoms with Gasteiger partial charge in [-0.25, -0.2) is 0 Å². The second-order valence-electron chi connectivity index (χ2n) is 5.90. The van der Waals surface area contributed by atoms with Crippen molar-refractivity contribution >= 4 is 0 Å². The zero-order chi connectivity index (χ0) is 15.4. The third-order valence-corrected chi connectivity index (χ3v) is 4.22. The van der Waals surface area contributed by atoms with Crippen molar-refractivity contribution in [1.29, 1.82) is 0 Å². The van der Waals surface area contributed by atoms with Gasteiger partial charge in [-0.2, -0.15) is 5.10 Å². The summed E-state index contributed by atoms with van der Waals surface area (Å²) in [6, 6.07) is 10.2. The van der Waals surface area contributed by atoms with Gasteiger partial charge >= 0.3 is 0 Å². The molecule has 1 aliphatic heterocycles. The summed E-state index contributed by atoms with van der Waals surface area (Å²) >= 11 is 0. The van der Waals surface area contributed by atoms with Gasteiger partial charge in [0.25, 0.3) is 0 Å². The Morgan fingerprint density at radius 2 is 2.27 bits per heavy atom. The van der Waals surface area contributed by atoms with Gasteiger partial charge in [0.2, 0.25) is 0 Å². The molecule has 1 aromatic heterocycles. The van der Waals surface area contributed by atoms with E-state index in [4.69, 9.17) is 4.74 Å². The number of nitrogens with zero attached hydrogens (tertiary/aromatic N) is 2. The number of aliphatic hydroxyl groups excluding tert-OH is 1. The number of hydrogen-bond acceptors (Lipinski definition) is 4.